The number of esters is 1. The number of benzene rings is 1. The number of ether oxygens (including phenoxy) is 1. The lowest BCUT2D eigenvalue weighted by molar-refractivity contribution is 0.0520. The van der Waals surface area contributed by atoms with Crippen molar-refractivity contribution in [3.05, 3.63) is 60.0 Å². The zero-order chi connectivity index (χ0) is 24.0. The van der Waals surface area contributed by atoms with Crippen molar-refractivity contribution in [1.82, 2.24) is 14.1 Å². The lowest BCUT2D eigenvalue weighted by atomic mass is 10.1. The number of carbonyl (C=O) groups is 2. The van der Waals surface area contributed by atoms with Crippen molar-refractivity contribution >= 4 is 44.2 Å². The second-order valence-electron chi connectivity index (χ2n) is 7.68. The Morgan fingerprint density at radius 3 is 2.76 bits per heavy atom. The van der Waals surface area contributed by atoms with Gasteiger partial charge in [-0.25, -0.2) is 27.3 Å². The highest BCUT2D eigenvalue weighted by atomic mass is 32.2. The predicted molar refractivity (Wildman–Crippen MR) is 119 cm³/mol. The molecule has 10 nitrogen and oxygen atoms in total. The third-order valence-corrected chi connectivity index (χ3v) is 6.82. The molecule has 0 aliphatic carbocycles. The van der Waals surface area contributed by atoms with E-state index in [9.17, 15) is 22.4 Å². The Morgan fingerprint density at radius 2 is 2.06 bits per heavy atom. The van der Waals surface area contributed by atoms with Gasteiger partial charge in [-0.2, -0.15) is 0 Å². The van der Waals surface area contributed by atoms with Crippen LogP contribution in [0.4, 0.5) is 10.1 Å². The zero-order valence-corrected chi connectivity index (χ0v) is 18.8. The van der Waals surface area contributed by atoms with E-state index in [1.807, 2.05) is 9.62 Å². The number of hydrogen-bond acceptors (Lipinski definition) is 8. The second-order valence-corrected chi connectivity index (χ2v) is 9.33. The molecule has 1 aromatic carbocycles. The molecule has 5 rings (SSSR count). The molecular formula is C22H19FN4O6S. The first kappa shape index (κ1) is 21.9. The number of hydrogen-bond donors (Lipinski definition) is 1. The number of furan rings is 1. The van der Waals surface area contributed by atoms with Gasteiger partial charge in [0.15, 0.2) is 17.1 Å². The zero-order valence-electron chi connectivity index (χ0n) is 17.9. The van der Waals surface area contributed by atoms with Crippen LogP contribution in [0.15, 0.2) is 52.0 Å². The van der Waals surface area contributed by atoms with E-state index in [0.29, 0.717) is 5.69 Å². The van der Waals surface area contributed by atoms with Crippen molar-refractivity contribution in [1.29, 1.82) is 0 Å². The number of rotatable bonds is 6. The normalized spacial score (nSPS) is 13.8. The minimum absolute atomic E-state index is 0.0688. The highest BCUT2D eigenvalue weighted by Gasteiger charge is 2.26. The van der Waals surface area contributed by atoms with Gasteiger partial charge in [-0.05, 0) is 31.5 Å². The number of pyridine rings is 1. The second kappa shape index (κ2) is 8.13. The molecule has 0 spiro atoms. The molecule has 0 unspecified atom stereocenters. The van der Waals surface area contributed by atoms with E-state index < -0.39 is 27.7 Å². The molecule has 0 bridgehead atoms. The summed E-state index contributed by atoms with van der Waals surface area (Å²) in [7, 11) is -4.42. The summed E-state index contributed by atoms with van der Waals surface area (Å²) < 4.78 is 54.2. The average Bonchev–Trinajstić information content (AvgIpc) is 3.37. The van der Waals surface area contributed by atoms with Crippen LogP contribution in [-0.2, 0) is 14.8 Å². The van der Waals surface area contributed by atoms with Gasteiger partial charge in [0.05, 0.1) is 12.0 Å². The molecule has 4 aromatic rings. The highest BCUT2D eigenvalue weighted by Crippen LogP contribution is 2.30. The molecule has 176 valence electrons. The number of amides is 1. The number of carbonyl (C=O) groups excluding carboxylic acids is 2. The van der Waals surface area contributed by atoms with Gasteiger partial charge < -0.3 is 18.5 Å². The molecule has 1 aliphatic rings. The van der Waals surface area contributed by atoms with Crippen molar-refractivity contribution in [2.45, 2.75) is 18.2 Å². The summed E-state index contributed by atoms with van der Waals surface area (Å²) in [4.78, 5) is 30.4. The quantitative estimate of drug-likeness (QED) is 0.413. The fraction of sp³-hybridized carbons (Fsp3) is 0.227. The summed E-state index contributed by atoms with van der Waals surface area (Å²) >= 11 is 0. The van der Waals surface area contributed by atoms with E-state index in [4.69, 9.17) is 9.15 Å². The van der Waals surface area contributed by atoms with E-state index >= 15 is 0 Å². The van der Waals surface area contributed by atoms with Gasteiger partial charge in [0.2, 0.25) is 0 Å². The summed E-state index contributed by atoms with van der Waals surface area (Å²) in [6.07, 6.45) is 3.84. The average molecular weight is 486 g/mol. The molecule has 1 amide bonds. The van der Waals surface area contributed by atoms with Gasteiger partial charge in [-0.3, -0.25) is 4.79 Å². The number of sulfonamides is 1. The molecule has 0 saturated carbocycles. The molecule has 1 aliphatic heterocycles. The Labute approximate surface area is 193 Å². The maximum Gasteiger partial charge on any atom is 0.358 e. The molecular weight excluding hydrogens is 467 g/mol. The number of anilines is 1. The Hall–Kier alpha value is -3.93. The van der Waals surface area contributed by atoms with Crippen LogP contribution in [0.2, 0.25) is 0 Å². The maximum atomic E-state index is 14.6. The van der Waals surface area contributed by atoms with Gasteiger partial charge in [0.1, 0.15) is 16.3 Å². The largest absolute Gasteiger partial charge is 0.461 e. The number of nitrogens with zero attached hydrogens (tertiary/aromatic N) is 3. The van der Waals surface area contributed by atoms with Crippen LogP contribution < -0.4 is 9.62 Å². The number of fused-ring (bicyclic) bond motifs is 2. The molecule has 1 N–H and O–H groups in total. The number of nitrogens with one attached hydrogen (secondary N) is 1. The fourth-order valence-corrected chi connectivity index (χ4v) is 4.78. The van der Waals surface area contributed by atoms with Gasteiger partial charge >= 0.3 is 11.9 Å². The monoisotopic (exact) mass is 486 g/mol. The number of aromatic nitrogens is 2. The lowest BCUT2D eigenvalue weighted by Gasteiger charge is -2.33. The maximum absolute atomic E-state index is 14.6. The Bertz CT molecular complexity index is 1550. The molecule has 1 fully saturated rings. The first-order valence-corrected chi connectivity index (χ1v) is 11.9. The summed E-state index contributed by atoms with van der Waals surface area (Å²) in [5.41, 5.74) is 0.620. The van der Waals surface area contributed by atoms with Crippen molar-refractivity contribution in [2.75, 3.05) is 24.6 Å². The molecule has 0 atom stereocenters. The van der Waals surface area contributed by atoms with Gasteiger partial charge in [0, 0.05) is 43.3 Å². The Kier molecular flexibility index (Phi) is 5.24. The van der Waals surface area contributed by atoms with Crippen LogP contribution in [0.1, 0.15) is 34.4 Å². The minimum atomic E-state index is -4.42. The molecule has 3 aromatic heterocycles. The first-order valence-electron chi connectivity index (χ1n) is 10.5. The van der Waals surface area contributed by atoms with Crippen LogP contribution in [0, 0.1) is 5.82 Å². The standard InChI is InChI=1S/C22H19FN4O6S/c1-2-32-22(29)16-12-27-6-3-5-19(20(27)24-16)34(30,31)25-21(28)18-11-14-15(23)9-13(10-17(14)33-18)26-7-4-8-26/h3,5-6,9-12H,2,4,7-8H2,1H3,(H,25,28). The van der Waals surface area contributed by atoms with E-state index in [2.05, 4.69) is 4.98 Å². The molecule has 0 radical (unpaired) electrons. The van der Waals surface area contributed by atoms with E-state index in [0.717, 1.165) is 25.6 Å². The van der Waals surface area contributed by atoms with Crippen molar-refractivity contribution in [2.24, 2.45) is 0 Å². The molecule has 1 saturated heterocycles. The van der Waals surface area contributed by atoms with Crippen LogP contribution >= 0.6 is 0 Å². The minimum Gasteiger partial charge on any atom is -0.461 e. The predicted octanol–water partition coefficient (Wildman–Crippen LogP) is 2.73. The summed E-state index contributed by atoms with van der Waals surface area (Å²) in [5.74, 6) is -2.71. The smallest absolute Gasteiger partial charge is 0.358 e. The lowest BCUT2D eigenvalue weighted by Crippen LogP contribution is -2.36. The molecule has 34 heavy (non-hydrogen) atoms. The molecule has 12 heteroatoms. The summed E-state index contributed by atoms with van der Waals surface area (Å²) in [5, 5.41) is 0.0706. The topological polar surface area (TPSA) is 123 Å². The number of halogens is 1. The Balaban J connectivity index is 1.45. The van der Waals surface area contributed by atoms with E-state index in [-0.39, 0.29) is 39.6 Å². The SMILES string of the molecule is CCOC(=O)c1cn2cccc(S(=O)(=O)NC(=O)c3cc4c(F)cc(N5CCC5)cc4o3)c2n1. The van der Waals surface area contributed by atoms with E-state index in [1.54, 1.807) is 13.0 Å². The van der Waals surface area contributed by atoms with Crippen LogP contribution in [-0.4, -0.2) is 49.4 Å². The van der Waals surface area contributed by atoms with Crippen LogP contribution in [0.25, 0.3) is 16.6 Å². The highest BCUT2D eigenvalue weighted by molar-refractivity contribution is 7.90. The van der Waals surface area contributed by atoms with Gasteiger partial charge in [-0.1, -0.05) is 0 Å². The van der Waals surface area contributed by atoms with Gasteiger partial charge in [0.25, 0.3) is 10.0 Å². The van der Waals surface area contributed by atoms with Crippen LogP contribution in [0.3, 0.4) is 0 Å². The Morgan fingerprint density at radius 1 is 1.26 bits per heavy atom. The van der Waals surface area contributed by atoms with Crippen molar-refractivity contribution in [3.63, 3.8) is 0 Å². The third kappa shape index (κ3) is 3.75. The third-order valence-electron chi connectivity index (χ3n) is 5.46. The first-order chi connectivity index (χ1) is 16.3. The van der Waals surface area contributed by atoms with Crippen LogP contribution in [0.5, 0.6) is 0 Å². The van der Waals surface area contributed by atoms with Gasteiger partial charge in [-0.15, -0.1) is 0 Å². The summed E-state index contributed by atoms with van der Waals surface area (Å²) in [6, 6.07) is 6.80. The summed E-state index contributed by atoms with van der Waals surface area (Å²) in [6.45, 7) is 3.36. The van der Waals surface area contributed by atoms with Crippen molar-refractivity contribution in [3.8, 4) is 0 Å². The molecule has 4 heterocycles. The number of imidazole rings is 1. The van der Waals surface area contributed by atoms with Crippen molar-refractivity contribution < 1.29 is 31.6 Å². The fourth-order valence-electron chi connectivity index (χ4n) is 3.68. The van der Waals surface area contributed by atoms with E-state index in [1.165, 1.54) is 35.0 Å².